The standard InChI is InChI=1S/C22H20ClN3O/c23-18-7-5-17(6-8-18)21-20(15-25-11-13-27-14-12-25)26-10-9-16-3-1-2-4-19(16)22(26)24-21/h1-10H,11-15H2. The highest BCUT2D eigenvalue weighted by atomic mass is 35.5. The lowest BCUT2D eigenvalue weighted by atomic mass is 10.1. The van der Waals surface area contributed by atoms with Crippen LogP contribution in [0.3, 0.4) is 0 Å². The first-order valence-electron chi connectivity index (χ1n) is 9.24. The molecule has 1 saturated heterocycles. The molecule has 3 heterocycles. The van der Waals surface area contributed by atoms with E-state index in [1.807, 2.05) is 12.1 Å². The summed E-state index contributed by atoms with van der Waals surface area (Å²) in [4.78, 5) is 7.50. The first-order chi connectivity index (χ1) is 13.3. The molecule has 4 nitrogen and oxygen atoms in total. The van der Waals surface area contributed by atoms with Crippen molar-refractivity contribution in [3.63, 3.8) is 0 Å². The number of fused-ring (bicyclic) bond motifs is 3. The Morgan fingerprint density at radius 1 is 0.963 bits per heavy atom. The van der Waals surface area contributed by atoms with Gasteiger partial charge in [0.05, 0.1) is 24.6 Å². The summed E-state index contributed by atoms with van der Waals surface area (Å²) in [6.07, 6.45) is 2.14. The third-order valence-electron chi connectivity index (χ3n) is 5.21. The van der Waals surface area contributed by atoms with Crippen LogP contribution in [0.25, 0.3) is 27.7 Å². The molecule has 2 aromatic heterocycles. The minimum Gasteiger partial charge on any atom is -0.379 e. The van der Waals surface area contributed by atoms with Crippen LogP contribution in [0, 0.1) is 0 Å². The average molecular weight is 378 g/mol. The van der Waals surface area contributed by atoms with E-state index in [-0.39, 0.29) is 0 Å². The molecule has 0 aliphatic carbocycles. The minimum atomic E-state index is 0.739. The Labute approximate surface area is 163 Å². The fourth-order valence-electron chi connectivity index (χ4n) is 3.78. The Bertz CT molecular complexity index is 1100. The van der Waals surface area contributed by atoms with E-state index in [4.69, 9.17) is 21.3 Å². The lowest BCUT2D eigenvalue weighted by molar-refractivity contribution is 0.0336. The summed E-state index contributed by atoms with van der Waals surface area (Å²) in [6, 6.07) is 18.5. The maximum absolute atomic E-state index is 6.10. The van der Waals surface area contributed by atoms with Crippen molar-refractivity contribution >= 4 is 28.0 Å². The molecule has 0 spiro atoms. The van der Waals surface area contributed by atoms with E-state index in [1.165, 1.54) is 16.5 Å². The molecular weight excluding hydrogens is 358 g/mol. The van der Waals surface area contributed by atoms with Crippen LogP contribution in [0.15, 0.2) is 60.8 Å². The Balaban J connectivity index is 1.71. The number of hydrogen-bond donors (Lipinski definition) is 0. The molecule has 1 fully saturated rings. The monoisotopic (exact) mass is 377 g/mol. The molecular formula is C22H20ClN3O. The molecule has 2 aromatic carbocycles. The number of morpholine rings is 1. The Morgan fingerprint density at radius 3 is 2.56 bits per heavy atom. The largest absolute Gasteiger partial charge is 0.379 e. The van der Waals surface area contributed by atoms with Crippen LogP contribution < -0.4 is 0 Å². The number of halogens is 1. The van der Waals surface area contributed by atoms with Crippen LogP contribution >= 0.6 is 11.6 Å². The fourth-order valence-corrected chi connectivity index (χ4v) is 3.90. The van der Waals surface area contributed by atoms with Gasteiger partial charge in [-0.25, -0.2) is 4.98 Å². The van der Waals surface area contributed by atoms with Gasteiger partial charge < -0.3 is 9.14 Å². The van der Waals surface area contributed by atoms with Crippen LogP contribution in [-0.2, 0) is 11.3 Å². The van der Waals surface area contributed by atoms with Crippen molar-refractivity contribution in [2.24, 2.45) is 0 Å². The topological polar surface area (TPSA) is 29.8 Å². The molecule has 0 amide bonds. The third-order valence-corrected chi connectivity index (χ3v) is 5.46. The molecule has 1 aliphatic heterocycles. The number of rotatable bonds is 3. The molecule has 5 heteroatoms. The predicted octanol–water partition coefficient (Wildman–Crippen LogP) is 4.64. The van der Waals surface area contributed by atoms with Crippen LogP contribution in [-0.4, -0.2) is 40.6 Å². The van der Waals surface area contributed by atoms with Gasteiger partial charge in [0, 0.05) is 41.8 Å². The second-order valence-electron chi connectivity index (χ2n) is 6.90. The van der Waals surface area contributed by atoms with Gasteiger partial charge in [-0.3, -0.25) is 4.90 Å². The smallest absolute Gasteiger partial charge is 0.145 e. The molecule has 0 N–H and O–H groups in total. The molecule has 27 heavy (non-hydrogen) atoms. The van der Waals surface area contributed by atoms with Gasteiger partial charge in [-0.2, -0.15) is 0 Å². The van der Waals surface area contributed by atoms with Crippen molar-refractivity contribution in [1.82, 2.24) is 14.3 Å². The van der Waals surface area contributed by atoms with Gasteiger partial charge in [-0.05, 0) is 23.6 Å². The quantitative estimate of drug-likeness (QED) is 0.521. The lowest BCUT2D eigenvalue weighted by Crippen LogP contribution is -2.36. The summed E-state index contributed by atoms with van der Waals surface area (Å²) in [5.41, 5.74) is 4.33. The molecule has 0 unspecified atom stereocenters. The molecule has 0 radical (unpaired) electrons. The first-order valence-corrected chi connectivity index (χ1v) is 9.62. The summed E-state index contributed by atoms with van der Waals surface area (Å²) in [5.74, 6) is 0. The summed E-state index contributed by atoms with van der Waals surface area (Å²) in [7, 11) is 0. The predicted molar refractivity (Wildman–Crippen MR) is 109 cm³/mol. The van der Waals surface area contributed by atoms with E-state index in [0.29, 0.717) is 0 Å². The number of pyridine rings is 1. The second-order valence-corrected chi connectivity index (χ2v) is 7.34. The maximum atomic E-state index is 6.10. The number of benzene rings is 2. The molecule has 0 bridgehead atoms. The Kier molecular flexibility index (Phi) is 4.32. The van der Waals surface area contributed by atoms with E-state index >= 15 is 0 Å². The van der Waals surface area contributed by atoms with Gasteiger partial charge in [0.1, 0.15) is 5.65 Å². The molecule has 5 rings (SSSR count). The number of ether oxygens (including phenoxy) is 1. The highest BCUT2D eigenvalue weighted by Crippen LogP contribution is 2.30. The molecule has 136 valence electrons. The van der Waals surface area contributed by atoms with E-state index in [1.54, 1.807) is 0 Å². The van der Waals surface area contributed by atoms with Gasteiger partial charge in [0.25, 0.3) is 0 Å². The van der Waals surface area contributed by atoms with E-state index in [0.717, 1.165) is 54.8 Å². The third kappa shape index (κ3) is 3.10. The van der Waals surface area contributed by atoms with E-state index < -0.39 is 0 Å². The van der Waals surface area contributed by atoms with Crippen molar-refractivity contribution in [2.45, 2.75) is 6.54 Å². The van der Waals surface area contributed by atoms with Gasteiger partial charge in [0.15, 0.2) is 0 Å². The van der Waals surface area contributed by atoms with Crippen molar-refractivity contribution in [2.75, 3.05) is 26.3 Å². The zero-order chi connectivity index (χ0) is 18.2. The number of aromatic nitrogens is 2. The average Bonchev–Trinajstić information content (AvgIpc) is 3.08. The summed E-state index contributed by atoms with van der Waals surface area (Å²) in [6.45, 7) is 4.31. The molecule has 4 aromatic rings. The minimum absolute atomic E-state index is 0.739. The summed E-state index contributed by atoms with van der Waals surface area (Å²) in [5, 5.41) is 3.11. The fraction of sp³-hybridized carbons (Fsp3) is 0.227. The highest BCUT2D eigenvalue weighted by molar-refractivity contribution is 6.30. The van der Waals surface area contributed by atoms with E-state index in [9.17, 15) is 0 Å². The lowest BCUT2D eigenvalue weighted by Gasteiger charge is -2.26. The van der Waals surface area contributed by atoms with Crippen molar-refractivity contribution in [3.8, 4) is 11.3 Å². The molecule has 0 atom stereocenters. The van der Waals surface area contributed by atoms with Crippen LogP contribution in [0.4, 0.5) is 0 Å². The second kappa shape index (κ2) is 6.97. The number of nitrogens with zero attached hydrogens (tertiary/aromatic N) is 3. The normalized spacial score (nSPS) is 15.6. The Hall–Kier alpha value is -2.40. The first kappa shape index (κ1) is 16.8. The zero-order valence-corrected chi connectivity index (χ0v) is 15.7. The maximum Gasteiger partial charge on any atom is 0.145 e. The van der Waals surface area contributed by atoms with Gasteiger partial charge >= 0.3 is 0 Å². The van der Waals surface area contributed by atoms with Crippen LogP contribution in [0.2, 0.25) is 5.02 Å². The Morgan fingerprint density at radius 2 is 1.74 bits per heavy atom. The number of hydrogen-bond acceptors (Lipinski definition) is 3. The highest BCUT2D eigenvalue weighted by Gasteiger charge is 2.19. The number of imidazole rings is 1. The van der Waals surface area contributed by atoms with Crippen molar-refractivity contribution < 1.29 is 4.74 Å². The van der Waals surface area contributed by atoms with Gasteiger partial charge in [0.2, 0.25) is 0 Å². The van der Waals surface area contributed by atoms with E-state index in [2.05, 4.69) is 58.0 Å². The van der Waals surface area contributed by atoms with Gasteiger partial charge in [-0.1, -0.05) is 48.0 Å². The molecule has 0 saturated carbocycles. The van der Waals surface area contributed by atoms with Crippen LogP contribution in [0.5, 0.6) is 0 Å². The summed E-state index contributed by atoms with van der Waals surface area (Å²) >= 11 is 6.10. The van der Waals surface area contributed by atoms with Crippen molar-refractivity contribution in [1.29, 1.82) is 0 Å². The summed E-state index contributed by atoms with van der Waals surface area (Å²) < 4.78 is 7.75. The SMILES string of the molecule is Clc1ccc(-c2nc3c4ccccc4ccn3c2CN2CCOCC2)cc1. The molecule has 1 aliphatic rings. The van der Waals surface area contributed by atoms with Crippen LogP contribution in [0.1, 0.15) is 5.69 Å². The zero-order valence-electron chi connectivity index (χ0n) is 14.9. The van der Waals surface area contributed by atoms with Crippen molar-refractivity contribution in [3.05, 3.63) is 71.5 Å². The van der Waals surface area contributed by atoms with Gasteiger partial charge in [-0.15, -0.1) is 0 Å².